The van der Waals surface area contributed by atoms with Crippen molar-refractivity contribution in [2.24, 2.45) is 16.7 Å². The highest BCUT2D eigenvalue weighted by Gasteiger charge is 2.38. The van der Waals surface area contributed by atoms with Crippen molar-refractivity contribution in [3.63, 3.8) is 0 Å². The van der Waals surface area contributed by atoms with Gasteiger partial charge >= 0.3 is 0 Å². The molecule has 0 saturated carbocycles. The third-order valence-corrected chi connectivity index (χ3v) is 4.73. The fourth-order valence-electron chi connectivity index (χ4n) is 3.28. The van der Waals surface area contributed by atoms with Crippen molar-refractivity contribution in [2.75, 3.05) is 32.8 Å². The molecule has 1 unspecified atom stereocenters. The summed E-state index contributed by atoms with van der Waals surface area (Å²) >= 11 is 0. The van der Waals surface area contributed by atoms with Gasteiger partial charge in [-0.3, -0.25) is 0 Å². The molecule has 0 radical (unpaired) electrons. The first-order valence-corrected chi connectivity index (χ1v) is 7.22. The molecule has 2 heterocycles. The molecule has 3 heteroatoms. The molecule has 0 N–H and O–H groups in total. The number of hydrogen-bond acceptors (Lipinski definition) is 3. The number of hydrogen-bond donors (Lipinski definition) is 0. The molecule has 2 aliphatic rings. The van der Waals surface area contributed by atoms with Gasteiger partial charge in [-0.05, 0) is 43.7 Å². The largest absolute Gasteiger partial charge is 0.380 e. The van der Waals surface area contributed by atoms with Crippen LogP contribution in [0, 0.1) is 16.7 Å². The van der Waals surface area contributed by atoms with Crippen molar-refractivity contribution in [3.8, 4) is 0 Å². The van der Waals surface area contributed by atoms with Crippen LogP contribution in [0.4, 0.5) is 0 Å². The summed E-state index contributed by atoms with van der Waals surface area (Å²) < 4.78 is 5.41. The van der Waals surface area contributed by atoms with E-state index in [1.165, 1.54) is 12.8 Å². The van der Waals surface area contributed by atoms with E-state index in [9.17, 15) is 4.79 Å². The summed E-state index contributed by atoms with van der Waals surface area (Å²) in [5.74, 6) is 0.820. The lowest BCUT2D eigenvalue weighted by molar-refractivity contribution is -0.117. The van der Waals surface area contributed by atoms with Gasteiger partial charge in [0.05, 0.1) is 12.0 Å². The van der Waals surface area contributed by atoms with E-state index in [1.807, 2.05) is 0 Å². The number of carbonyl (C=O) groups excluding carboxylic acids is 1. The van der Waals surface area contributed by atoms with Crippen LogP contribution >= 0.6 is 0 Å². The molecule has 104 valence electrons. The Morgan fingerprint density at radius 2 is 2.00 bits per heavy atom. The highest BCUT2D eigenvalue weighted by molar-refractivity contribution is 5.60. The zero-order chi connectivity index (χ0) is 13.2. The maximum absolute atomic E-state index is 11.3. The predicted octanol–water partition coefficient (Wildman–Crippen LogP) is 2.35. The SMILES string of the molecule is CC(C)(C)C1CCN(CC2(C=O)CCOC2)CC1. The van der Waals surface area contributed by atoms with E-state index in [-0.39, 0.29) is 5.41 Å². The number of carbonyl (C=O) groups is 1. The first-order valence-electron chi connectivity index (χ1n) is 7.22. The Balaban J connectivity index is 1.85. The zero-order valence-corrected chi connectivity index (χ0v) is 12.1. The number of nitrogens with zero attached hydrogens (tertiary/aromatic N) is 1. The van der Waals surface area contributed by atoms with E-state index in [4.69, 9.17) is 4.74 Å². The number of rotatable bonds is 3. The second-order valence-corrected chi connectivity index (χ2v) is 7.20. The van der Waals surface area contributed by atoms with Crippen molar-refractivity contribution in [2.45, 2.75) is 40.0 Å². The second-order valence-electron chi connectivity index (χ2n) is 7.20. The van der Waals surface area contributed by atoms with Gasteiger partial charge in [0.1, 0.15) is 6.29 Å². The van der Waals surface area contributed by atoms with Gasteiger partial charge in [0.25, 0.3) is 0 Å². The van der Waals surface area contributed by atoms with Crippen LogP contribution in [0.15, 0.2) is 0 Å². The van der Waals surface area contributed by atoms with Crippen molar-refractivity contribution in [3.05, 3.63) is 0 Å². The lowest BCUT2D eigenvalue weighted by Crippen LogP contribution is -2.45. The molecule has 0 aromatic carbocycles. The number of likely N-dealkylation sites (tertiary alicyclic amines) is 1. The summed E-state index contributed by atoms with van der Waals surface area (Å²) in [6.45, 7) is 11.6. The number of piperidine rings is 1. The van der Waals surface area contributed by atoms with Crippen LogP contribution in [0.2, 0.25) is 0 Å². The molecule has 0 aliphatic carbocycles. The topological polar surface area (TPSA) is 29.5 Å². The molecule has 18 heavy (non-hydrogen) atoms. The Morgan fingerprint density at radius 3 is 2.44 bits per heavy atom. The fourth-order valence-corrected chi connectivity index (χ4v) is 3.28. The Hall–Kier alpha value is -0.410. The Morgan fingerprint density at radius 1 is 1.33 bits per heavy atom. The van der Waals surface area contributed by atoms with Gasteiger partial charge in [-0.25, -0.2) is 0 Å². The van der Waals surface area contributed by atoms with E-state index in [0.29, 0.717) is 12.0 Å². The monoisotopic (exact) mass is 253 g/mol. The van der Waals surface area contributed by atoms with Gasteiger partial charge in [-0.15, -0.1) is 0 Å². The van der Waals surface area contributed by atoms with Crippen LogP contribution in [0.3, 0.4) is 0 Å². The lowest BCUT2D eigenvalue weighted by Gasteiger charge is -2.40. The maximum atomic E-state index is 11.3. The third-order valence-electron chi connectivity index (χ3n) is 4.73. The molecule has 0 bridgehead atoms. The van der Waals surface area contributed by atoms with Crippen molar-refractivity contribution in [1.82, 2.24) is 4.90 Å². The fraction of sp³-hybridized carbons (Fsp3) is 0.933. The van der Waals surface area contributed by atoms with E-state index >= 15 is 0 Å². The highest BCUT2D eigenvalue weighted by atomic mass is 16.5. The van der Waals surface area contributed by atoms with Crippen molar-refractivity contribution in [1.29, 1.82) is 0 Å². The van der Waals surface area contributed by atoms with Crippen LogP contribution in [0.25, 0.3) is 0 Å². The van der Waals surface area contributed by atoms with Gasteiger partial charge in [0, 0.05) is 13.2 Å². The molecule has 0 aromatic rings. The van der Waals surface area contributed by atoms with Gasteiger partial charge in [0.15, 0.2) is 0 Å². The van der Waals surface area contributed by atoms with E-state index in [2.05, 4.69) is 25.7 Å². The lowest BCUT2D eigenvalue weighted by atomic mass is 9.75. The van der Waals surface area contributed by atoms with Crippen LogP contribution in [-0.4, -0.2) is 44.0 Å². The highest BCUT2D eigenvalue weighted by Crippen LogP contribution is 2.35. The molecule has 0 aromatic heterocycles. The summed E-state index contributed by atoms with van der Waals surface area (Å²) in [6, 6.07) is 0. The molecule has 1 atom stereocenters. The standard InChI is InChI=1S/C15H27NO2/c1-14(2,3)13-4-7-16(8-5-13)10-15(11-17)6-9-18-12-15/h11,13H,4-10,12H2,1-3H3. The maximum Gasteiger partial charge on any atom is 0.129 e. The summed E-state index contributed by atoms with van der Waals surface area (Å²) in [5, 5.41) is 0. The molecule has 3 nitrogen and oxygen atoms in total. The molecule has 2 saturated heterocycles. The van der Waals surface area contributed by atoms with Gasteiger partial charge < -0.3 is 14.4 Å². The molecule has 0 amide bonds. The summed E-state index contributed by atoms with van der Waals surface area (Å²) in [5.41, 5.74) is 0.208. The van der Waals surface area contributed by atoms with Crippen LogP contribution in [0.1, 0.15) is 40.0 Å². The van der Waals surface area contributed by atoms with Crippen LogP contribution in [-0.2, 0) is 9.53 Å². The Kier molecular flexibility index (Phi) is 4.12. The Bertz CT molecular complexity index is 281. The summed E-state index contributed by atoms with van der Waals surface area (Å²) in [7, 11) is 0. The van der Waals surface area contributed by atoms with Crippen molar-refractivity contribution >= 4 is 6.29 Å². The minimum Gasteiger partial charge on any atom is -0.380 e. The van der Waals surface area contributed by atoms with E-state index in [0.717, 1.165) is 44.9 Å². The first kappa shape index (κ1) is 14.0. The Labute approximate surface area is 111 Å². The predicted molar refractivity (Wildman–Crippen MR) is 72.6 cm³/mol. The van der Waals surface area contributed by atoms with Gasteiger partial charge in [0.2, 0.25) is 0 Å². The molecular weight excluding hydrogens is 226 g/mol. The normalized spacial score (nSPS) is 31.7. The molecular formula is C15H27NO2. The summed E-state index contributed by atoms with van der Waals surface area (Å²) in [6.07, 6.45) is 4.56. The van der Waals surface area contributed by atoms with E-state index in [1.54, 1.807) is 0 Å². The number of ether oxygens (including phenoxy) is 1. The second kappa shape index (κ2) is 5.30. The average molecular weight is 253 g/mol. The first-order chi connectivity index (χ1) is 8.45. The summed E-state index contributed by atoms with van der Waals surface area (Å²) in [4.78, 5) is 13.8. The molecule has 2 fully saturated rings. The molecule has 2 rings (SSSR count). The van der Waals surface area contributed by atoms with Crippen LogP contribution < -0.4 is 0 Å². The quantitative estimate of drug-likeness (QED) is 0.723. The van der Waals surface area contributed by atoms with E-state index < -0.39 is 0 Å². The zero-order valence-electron chi connectivity index (χ0n) is 12.1. The van der Waals surface area contributed by atoms with Gasteiger partial charge in [-0.1, -0.05) is 20.8 Å². The van der Waals surface area contributed by atoms with Gasteiger partial charge in [-0.2, -0.15) is 0 Å². The minimum atomic E-state index is -0.214. The minimum absolute atomic E-state index is 0.214. The van der Waals surface area contributed by atoms with Crippen LogP contribution in [0.5, 0.6) is 0 Å². The van der Waals surface area contributed by atoms with Crippen molar-refractivity contribution < 1.29 is 9.53 Å². The third kappa shape index (κ3) is 3.12. The average Bonchev–Trinajstić information content (AvgIpc) is 2.78. The molecule has 0 spiro atoms. The molecule has 2 aliphatic heterocycles. The smallest absolute Gasteiger partial charge is 0.129 e. The number of aldehydes is 1.